The molecular formula is C13H15F3N4O. The van der Waals surface area contributed by atoms with Gasteiger partial charge < -0.3 is 5.32 Å². The van der Waals surface area contributed by atoms with Crippen molar-refractivity contribution in [2.45, 2.75) is 19.5 Å². The number of nitrogens with one attached hydrogen (secondary N) is 1. The van der Waals surface area contributed by atoms with Gasteiger partial charge in [0.15, 0.2) is 0 Å². The average molecular weight is 300 g/mol. The van der Waals surface area contributed by atoms with Crippen molar-refractivity contribution >= 4 is 5.95 Å². The number of aromatic nitrogens is 3. The molecule has 0 amide bonds. The molecule has 2 aromatic rings. The highest BCUT2D eigenvalue weighted by Gasteiger charge is 2.34. The van der Waals surface area contributed by atoms with E-state index in [0.717, 1.165) is 21.7 Å². The Labute approximate surface area is 119 Å². The van der Waals surface area contributed by atoms with Gasteiger partial charge in [-0.05, 0) is 18.6 Å². The molecule has 1 heterocycles. The SMILES string of the molecule is CCCNc1nn(C)c(=O)n1-c1ccccc1C(F)(F)F. The molecule has 0 unspecified atom stereocenters. The molecule has 0 fully saturated rings. The molecule has 0 aliphatic rings. The van der Waals surface area contributed by atoms with Crippen molar-refractivity contribution in [1.82, 2.24) is 14.3 Å². The average Bonchev–Trinajstić information content (AvgIpc) is 2.71. The van der Waals surface area contributed by atoms with Crippen LogP contribution in [0.25, 0.3) is 5.69 Å². The molecule has 8 heteroatoms. The zero-order valence-corrected chi connectivity index (χ0v) is 11.6. The summed E-state index contributed by atoms with van der Waals surface area (Å²) >= 11 is 0. The highest BCUT2D eigenvalue weighted by atomic mass is 19.4. The predicted octanol–water partition coefficient (Wildman–Crippen LogP) is 2.41. The van der Waals surface area contributed by atoms with Gasteiger partial charge in [-0.15, -0.1) is 5.10 Å². The summed E-state index contributed by atoms with van der Waals surface area (Å²) in [5, 5.41) is 6.80. The number of rotatable bonds is 4. The molecule has 1 aromatic heterocycles. The largest absolute Gasteiger partial charge is 0.418 e. The number of nitrogens with zero attached hydrogens (tertiary/aromatic N) is 3. The summed E-state index contributed by atoms with van der Waals surface area (Å²) in [6.07, 6.45) is -3.79. The van der Waals surface area contributed by atoms with Gasteiger partial charge in [-0.1, -0.05) is 19.1 Å². The second-order valence-corrected chi connectivity index (χ2v) is 4.51. The molecular weight excluding hydrogens is 285 g/mol. The topological polar surface area (TPSA) is 51.9 Å². The van der Waals surface area contributed by atoms with E-state index in [9.17, 15) is 18.0 Å². The summed E-state index contributed by atoms with van der Waals surface area (Å²) in [5.41, 5.74) is -1.74. The first-order valence-corrected chi connectivity index (χ1v) is 6.42. The number of benzene rings is 1. The third-order valence-electron chi connectivity index (χ3n) is 2.91. The van der Waals surface area contributed by atoms with Crippen LogP contribution in [0.4, 0.5) is 19.1 Å². The lowest BCUT2D eigenvalue weighted by atomic mass is 10.1. The minimum absolute atomic E-state index is 0.0982. The van der Waals surface area contributed by atoms with Crippen LogP contribution in [0, 0.1) is 0 Å². The fourth-order valence-corrected chi connectivity index (χ4v) is 1.94. The molecule has 1 N–H and O–H groups in total. The van der Waals surface area contributed by atoms with Gasteiger partial charge in [-0.25, -0.2) is 14.0 Å². The van der Waals surface area contributed by atoms with Gasteiger partial charge in [-0.2, -0.15) is 13.2 Å². The number of aryl methyl sites for hydroxylation is 1. The van der Waals surface area contributed by atoms with Crippen molar-refractivity contribution in [3.8, 4) is 5.69 Å². The Balaban J connectivity index is 2.65. The Morgan fingerprint density at radius 1 is 1.29 bits per heavy atom. The minimum atomic E-state index is -4.55. The molecule has 0 saturated heterocycles. The van der Waals surface area contributed by atoms with Crippen molar-refractivity contribution in [2.75, 3.05) is 11.9 Å². The normalized spacial score (nSPS) is 11.7. The molecule has 0 radical (unpaired) electrons. The lowest BCUT2D eigenvalue weighted by Crippen LogP contribution is -2.24. The Morgan fingerprint density at radius 3 is 2.57 bits per heavy atom. The smallest absolute Gasteiger partial charge is 0.354 e. The van der Waals surface area contributed by atoms with Crippen LogP contribution in [0.5, 0.6) is 0 Å². The first-order valence-electron chi connectivity index (χ1n) is 6.42. The van der Waals surface area contributed by atoms with Crippen LogP contribution in [0.1, 0.15) is 18.9 Å². The molecule has 21 heavy (non-hydrogen) atoms. The number of para-hydroxylation sites is 1. The molecule has 1 aromatic carbocycles. The van der Waals surface area contributed by atoms with Crippen molar-refractivity contribution in [3.63, 3.8) is 0 Å². The molecule has 114 valence electrons. The summed E-state index contributed by atoms with van der Waals surface area (Å²) in [6.45, 7) is 2.41. The van der Waals surface area contributed by atoms with Crippen molar-refractivity contribution in [1.29, 1.82) is 0 Å². The minimum Gasteiger partial charge on any atom is -0.354 e. The third-order valence-corrected chi connectivity index (χ3v) is 2.91. The molecule has 0 bridgehead atoms. The fraction of sp³-hybridized carbons (Fsp3) is 0.385. The maximum atomic E-state index is 13.1. The molecule has 0 atom stereocenters. The quantitative estimate of drug-likeness (QED) is 0.943. The van der Waals surface area contributed by atoms with Gasteiger partial charge >= 0.3 is 11.9 Å². The van der Waals surface area contributed by atoms with Gasteiger partial charge in [0, 0.05) is 13.6 Å². The maximum Gasteiger partial charge on any atom is 0.418 e. The molecule has 0 spiro atoms. The van der Waals surface area contributed by atoms with Crippen molar-refractivity contribution in [2.24, 2.45) is 7.05 Å². The number of alkyl halides is 3. The van der Waals surface area contributed by atoms with Crippen LogP contribution in [0.3, 0.4) is 0 Å². The Morgan fingerprint density at radius 2 is 1.95 bits per heavy atom. The lowest BCUT2D eigenvalue weighted by molar-refractivity contribution is -0.137. The van der Waals surface area contributed by atoms with E-state index in [1.165, 1.54) is 25.2 Å². The van der Waals surface area contributed by atoms with Crippen LogP contribution in [-0.2, 0) is 13.2 Å². The van der Waals surface area contributed by atoms with E-state index >= 15 is 0 Å². The fourth-order valence-electron chi connectivity index (χ4n) is 1.94. The van der Waals surface area contributed by atoms with E-state index < -0.39 is 17.4 Å². The summed E-state index contributed by atoms with van der Waals surface area (Å²) < 4.78 is 41.2. The summed E-state index contributed by atoms with van der Waals surface area (Å²) in [5.74, 6) is 0.0982. The highest BCUT2D eigenvalue weighted by Crippen LogP contribution is 2.33. The standard InChI is InChI=1S/C13H15F3N4O/c1-3-8-17-11-18-19(2)12(21)20(11)10-7-5-4-6-9(10)13(14,15)16/h4-7H,3,8H2,1-2H3,(H,17,18). The van der Waals surface area contributed by atoms with E-state index in [4.69, 9.17) is 0 Å². The second kappa shape index (κ2) is 5.63. The molecule has 2 rings (SSSR count). The van der Waals surface area contributed by atoms with E-state index in [-0.39, 0.29) is 11.6 Å². The summed E-state index contributed by atoms with van der Waals surface area (Å²) in [7, 11) is 1.40. The molecule has 0 saturated carbocycles. The van der Waals surface area contributed by atoms with Crippen LogP contribution < -0.4 is 11.0 Å². The van der Waals surface area contributed by atoms with Crippen molar-refractivity contribution < 1.29 is 13.2 Å². The first-order chi connectivity index (χ1) is 9.86. The Kier molecular flexibility index (Phi) is 4.06. The maximum absolute atomic E-state index is 13.1. The zero-order chi connectivity index (χ0) is 15.6. The lowest BCUT2D eigenvalue weighted by Gasteiger charge is -2.14. The molecule has 0 aliphatic heterocycles. The Hall–Kier alpha value is -2.25. The Bertz CT molecular complexity index is 687. The second-order valence-electron chi connectivity index (χ2n) is 4.51. The van der Waals surface area contributed by atoms with E-state index in [0.29, 0.717) is 6.54 Å². The van der Waals surface area contributed by atoms with Crippen LogP contribution in [-0.4, -0.2) is 20.9 Å². The van der Waals surface area contributed by atoms with E-state index in [1.54, 1.807) is 0 Å². The number of halogens is 3. The van der Waals surface area contributed by atoms with Gasteiger partial charge in [0.05, 0.1) is 11.3 Å². The third kappa shape index (κ3) is 2.93. The molecule has 0 aliphatic carbocycles. The number of anilines is 1. The summed E-state index contributed by atoms with van der Waals surface area (Å²) in [6, 6.07) is 4.93. The highest BCUT2D eigenvalue weighted by molar-refractivity contribution is 5.47. The van der Waals surface area contributed by atoms with E-state index in [1.807, 2.05) is 6.92 Å². The van der Waals surface area contributed by atoms with Gasteiger partial charge in [0.1, 0.15) is 0 Å². The van der Waals surface area contributed by atoms with Crippen molar-refractivity contribution in [3.05, 3.63) is 40.3 Å². The van der Waals surface area contributed by atoms with Gasteiger partial charge in [-0.3, -0.25) is 0 Å². The van der Waals surface area contributed by atoms with Crippen LogP contribution in [0.2, 0.25) is 0 Å². The summed E-state index contributed by atoms with van der Waals surface area (Å²) in [4.78, 5) is 12.1. The van der Waals surface area contributed by atoms with Crippen LogP contribution in [0.15, 0.2) is 29.1 Å². The van der Waals surface area contributed by atoms with Gasteiger partial charge in [0.25, 0.3) is 0 Å². The number of hydrogen-bond acceptors (Lipinski definition) is 3. The monoisotopic (exact) mass is 300 g/mol. The first kappa shape index (κ1) is 15.1. The number of hydrogen-bond donors (Lipinski definition) is 1. The van der Waals surface area contributed by atoms with Crippen LogP contribution >= 0.6 is 0 Å². The van der Waals surface area contributed by atoms with Gasteiger partial charge in [0.2, 0.25) is 5.95 Å². The zero-order valence-electron chi connectivity index (χ0n) is 11.6. The van der Waals surface area contributed by atoms with E-state index in [2.05, 4.69) is 10.4 Å². The molecule has 5 nitrogen and oxygen atoms in total. The predicted molar refractivity (Wildman–Crippen MR) is 72.6 cm³/mol.